The number of morpholine rings is 1. The molecule has 0 atom stereocenters. The van der Waals surface area contributed by atoms with Crippen molar-refractivity contribution in [2.75, 3.05) is 38.2 Å². The Labute approximate surface area is 116 Å². The van der Waals surface area contributed by atoms with Crippen molar-refractivity contribution in [3.8, 4) is 11.8 Å². The molecule has 0 radical (unpaired) electrons. The average molecular weight is 277 g/mol. The molecule has 0 saturated carbocycles. The molecule has 1 aliphatic heterocycles. The standard InChI is InChI=1S/C14H16FN3O2/c15-13-4-3-12(10-11(13)2-1-5-16)17-14(19)18-6-8-20-9-7-18/h3-4,10H,5-9,16H2,(H,17,19). The topological polar surface area (TPSA) is 67.6 Å². The minimum atomic E-state index is -0.435. The minimum Gasteiger partial charge on any atom is -0.378 e. The second-order valence-electron chi connectivity index (χ2n) is 4.23. The van der Waals surface area contributed by atoms with Crippen molar-refractivity contribution < 1.29 is 13.9 Å². The van der Waals surface area contributed by atoms with Crippen molar-refractivity contribution in [1.82, 2.24) is 4.90 Å². The van der Waals surface area contributed by atoms with E-state index in [1.165, 1.54) is 18.2 Å². The number of hydrogen-bond donors (Lipinski definition) is 2. The molecular formula is C14H16FN3O2. The molecule has 20 heavy (non-hydrogen) atoms. The van der Waals surface area contributed by atoms with Crippen LogP contribution in [0.15, 0.2) is 18.2 Å². The summed E-state index contributed by atoms with van der Waals surface area (Å²) in [5, 5.41) is 2.72. The Morgan fingerprint density at radius 2 is 2.20 bits per heavy atom. The maximum Gasteiger partial charge on any atom is 0.322 e. The lowest BCUT2D eigenvalue weighted by molar-refractivity contribution is 0.0564. The number of carbonyl (C=O) groups is 1. The normalized spacial score (nSPS) is 14.4. The molecule has 0 aromatic heterocycles. The Bertz CT molecular complexity index is 545. The molecule has 0 unspecified atom stereocenters. The highest BCUT2D eigenvalue weighted by Crippen LogP contribution is 2.14. The molecule has 106 valence electrons. The van der Waals surface area contributed by atoms with E-state index in [-0.39, 0.29) is 18.1 Å². The molecule has 1 heterocycles. The Kier molecular flexibility index (Phi) is 4.93. The molecule has 2 rings (SSSR count). The maximum atomic E-state index is 13.5. The molecule has 0 aliphatic carbocycles. The van der Waals surface area contributed by atoms with Crippen molar-refractivity contribution in [2.24, 2.45) is 5.73 Å². The summed E-state index contributed by atoms with van der Waals surface area (Å²) in [6.07, 6.45) is 0. The number of halogens is 1. The molecular weight excluding hydrogens is 261 g/mol. The van der Waals surface area contributed by atoms with Crippen LogP contribution in [0.25, 0.3) is 0 Å². The third-order valence-electron chi connectivity index (χ3n) is 2.84. The predicted molar refractivity (Wildman–Crippen MR) is 73.7 cm³/mol. The van der Waals surface area contributed by atoms with Crippen LogP contribution in [-0.4, -0.2) is 43.8 Å². The van der Waals surface area contributed by atoms with Crippen LogP contribution in [0, 0.1) is 17.7 Å². The molecule has 1 aliphatic rings. The van der Waals surface area contributed by atoms with E-state index in [0.717, 1.165) is 0 Å². The third kappa shape index (κ3) is 3.70. The first-order valence-corrected chi connectivity index (χ1v) is 6.33. The fourth-order valence-electron chi connectivity index (χ4n) is 1.81. The number of nitrogens with two attached hydrogens (primary N) is 1. The Morgan fingerprint density at radius 1 is 1.45 bits per heavy atom. The van der Waals surface area contributed by atoms with Gasteiger partial charge in [-0.3, -0.25) is 0 Å². The first kappa shape index (κ1) is 14.3. The largest absolute Gasteiger partial charge is 0.378 e. The second kappa shape index (κ2) is 6.89. The number of carbonyl (C=O) groups excluding carboxylic acids is 1. The van der Waals surface area contributed by atoms with E-state index in [1.807, 2.05) is 0 Å². The van der Waals surface area contributed by atoms with Gasteiger partial charge in [0, 0.05) is 18.8 Å². The van der Waals surface area contributed by atoms with Gasteiger partial charge in [0.1, 0.15) is 5.82 Å². The van der Waals surface area contributed by atoms with Crippen LogP contribution >= 0.6 is 0 Å². The highest BCUT2D eigenvalue weighted by atomic mass is 19.1. The van der Waals surface area contributed by atoms with Gasteiger partial charge < -0.3 is 20.7 Å². The number of nitrogens with one attached hydrogen (secondary N) is 1. The van der Waals surface area contributed by atoms with E-state index < -0.39 is 5.82 Å². The van der Waals surface area contributed by atoms with Gasteiger partial charge in [-0.1, -0.05) is 11.8 Å². The summed E-state index contributed by atoms with van der Waals surface area (Å²) in [7, 11) is 0. The van der Waals surface area contributed by atoms with E-state index in [1.54, 1.807) is 4.90 Å². The summed E-state index contributed by atoms with van der Waals surface area (Å²) in [5.74, 6) is 4.78. The minimum absolute atomic E-state index is 0.157. The SMILES string of the molecule is NCC#Cc1cc(NC(=O)N2CCOCC2)ccc1F. The zero-order chi connectivity index (χ0) is 14.4. The summed E-state index contributed by atoms with van der Waals surface area (Å²) in [6.45, 7) is 2.32. The monoisotopic (exact) mass is 277 g/mol. The fourth-order valence-corrected chi connectivity index (χ4v) is 1.81. The van der Waals surface area contributed by atoms with Crippen LogP contribution in [-0.2, 0) is 4.74 Å². The zero-order valence-corrected chi connectivity index (χ0v) is 11.0. The van der Waals surface area contributed by atoms with E-state index in [2.05, 4.69) is 17.2 Å². The van der Waals surface area contributed by atoms with E-state index in [9.17, 15) is 9.18 Å². The van der Waals surface area contributed by atoms with Crippen molar-refractivity contribution in [3.63, 3.8) is 0 Å². The molecule has 1 aromatic rings. The fraction of sp³-hybridized carbons (Fsp3) is 0.357. The van der Waals surface area contributed by atoms with Crippen LogP contribution in [0.2, 0.25) is 0 Å². The summed E-state index contributed by atoms with van der Waals surface area (Å²) >= 11 is 0. The summed E-state index contributed by atoms with van der Waals surface area (Å²) in [5.41, 5.74) is 5.98. The molecule has 6 heteroatoms. The highest BCUT2D eigenvalue weighted by molar-refractivity contribution is 5.89. The summed E-state index contributed by atoms with van der Waals surface area (Å²) in [4.78, 5) is 13.6. The van der Waals surface area contributed by atoms with Crippen molar-refractivity contribution >= 4 is 11.7 Å². The number of nitrogens with zero attached hydrogens (tertiary/aromatic N) is 1. The lowest BCUT2D eigenvalue weighted by Crippen LogP contribution is -2.43. The number of ether oxygens (including phenoxy) is 1. The Hall–Kier alpha value is -2.10. The van der Waals surface area contributed by atoms with E-state index >= 15 is 0 Å². The summed E-state index contributed by atoms with van der Waals surface area (Å²) < 4.78 is 18.7. The van der Waals surface area contributed by atoms with Crippen molar-refractivity contribution in [1.29, 1.82) is 0 Å². The smallest absolute Gasteiger partial charge is 0.322 e. The van der Waals surface area contributed by atoms with Gasteiger partial charge in [-0.05, 0) is 18.2 Å². The molecule has 1 fully saturated rings. The lowest BCUT2D eigenvalue weighted by Gasteiger charge is -2.26. The number of rotatable bonds is 1. The quantitative estimate of drug-likeness (QED) is 0.753. The number of amides is 2. The molecule has 1 aromatic carbocycles. The molecule has 0 bridgehead atoms. The molecule has 1 saturated heterocycles. The van der Waals surface area contributed by atoms with Gasteiger partial charge in [-0.15, -0.1) is 0 Å². The average Bonchev–Trinajstić information content (AvgIpc) is 2.48. The molecule has 5 nitrogen and oxygen atoms in total. The van der Waals surface area contributed by atoms with Gasteiger partial charge >= 0.3 is 6.03 Å². The number of hydrogen-bond acceptors (Lipinski definition) is 3. The Morgan fingerprint density at radius 3 is 2.90 bits per heavy atom. The van der Waals surface area contributed by atoms with Crippen LogP contribution in [0.1, 0.15) is 5.56 Å². The number of anilines is 1. The maximum absolute atomic E-state index is 13.5. The number of benzene rings is 1. The molecule has 3 N–H and O–H groups in total. The van der Waals surface area contributed by atoms with Crippen LogP contribution < -0.4 is 11.1 Å². The van der Waals surface area contributed by atoms with E-state index in [0.29, 0.717) is 32.0 Å². The van der Waals surface area contributed by atoms with Gasteiger partial charge in [-0.25, -0.2) is 9.18 Å². The van der Waals surface area contributed by atoms with Gasteiger partial charge in [0.25, 0.3) is 0 Å². The zero-order valence-electron chi connectivity index (χ0n) is 11.0. The second-order valence-corrected chi connectivity index (χ2v) is 4.23. The third-order valence-corrected chi connectivity index (χ3v) is 2.84. The van der Waals surface area contributed by atoms with Gasteiger partial charge in [-0.2, -0.15) is 0 Å². The lowest BCUT2D eigenvalue weighted by atomic mass is 10.2. The van der Waals surface area contributed by atoms with Crippen LogP contribution in [0.5, 0.6) is 0 Å². The van der Waals surface area contributed by atoms with Crippen LogP contribution in [0.3, 0.4) is 0 Å². The van der Waals surface area contributed by atoms with Crippen molar-refractivity contribution in [3.05, 3.63) is 29.6 Å². The van der Waals surface area contributed by atoms with Crippen molar-refractivity contribution in [2.45, 2.75) is 0 Å². The van der Waals surface area contributed by atoms with Gasteiger partial charge in [0.15, 0.2) is 0 Å². The highest BCUT2D eigenvalue weighted by Gasteiger charge is 2.16. The first-order chi connectivity index (χ1) is 9.70. The molecule has 2 amide bonds. The van der Waals surface area contributed by atoms with Gasteiger partial charge in [0.05, 0.1) is 25.3 Å². The van der Waals surface area contributed by atoms with Crippen LogP contribution in [0.4, 0.5) is 14.9 Å². The summed E-state index contributed by atoms with van der Waals surface area (Å²) in [6, 6.07) is 4.05. The predicted octanol–water partition coefficient (Wildman–Crippen LogP) is 1.000. The number of urea groups is 1. The first-order valence-electron chi connectivity index (χ1n) is 6.33. The Balaban J connectivity index is 2.07. The molecule has 0 spiro atoms. The van der Waals surface area contributed by atoms with E-state index in [4.69, 9.17) is 10.5 Å². The van der Waals surface area contributed by atoms with Gasteiger partial charge in [0.2, 0.25) is 0 Å².